The van der Waals surface area contributed by atoms with E-state index in [1.54, 1.807) is 0 Å². The maximum atomic E-state index is 3.61. The van der Waals surface area contributed by atoms with Crippen LogP contribution in [0.5, 0.6) is 0 Å². The zero-order valence-corrected chi connectivity index (χ0v) is 9.66. The molecule has 2 aromatic rings. The molecule has 0 spiro atoms. The summed E-state index contributed by atoms with van der Waals surface area (Å²) in [7, 11) is 0. The molecule has 1 aliphatic carbocycles. The lowest BCUT2D eigenvalue weighted by Crippen LogP contribution is -2.26. The Kier molecular flexibility index (Phi) is 2.22. The van der Waals surface area contributed by atoms with Crippen molar-refractivity contribution in [2.24, 2.45) is 0 Å². The van der Waals surface area contributed by atoms with E-state index < -0.39 is 0 Å². The van der Waals surface area contributed by atoms with Gasteiger partial charge in [0.15, 0.2) is 0 Å². The molecule has 0 heterocycles. The third-order valence-corrected chi connectivity index (χ3v) is 3.53. The third kappa shape index (κ3) is 1.96. The van der Waals surface area contributed by atoms with Gasteiger partial charge in [-0.3, -0.25) is 0 Å². The molecule has 82 valence electrons. The molecule has 1 heteroatoms. The van der Waals surface area contributed by atoms with Gasteiger partial charge < -0.3 is 5.32 Å². The minimum atomic E-state index is 0.422. The highest BCUT2D eigenvalue weighted by Gasteiger charge is 2.36. The maximum absolute atomic E-state index is 3.61. The predicted molar refractivity (Wildman–Crippen MR) is 68.4 cm³/mol. The van der Waals surface area contributed by atoms with Crippen molar-refractivity contribution in [3.05, 3.63) is 48.0 Å². The average Bonchev–Trinajstić information content (AvgIpc) is 3.05. The second kappa shape index (κ2) is 3.60. The van der Waals surface area contributed by atoms with Gasteiger partial charge in [-0.1, -0.05) is 36.4 Å². The van der Waals surface area contributed by atoms with E-state index in [9.17, 15) is 0 Å². The second-order valence-corrected chi connectivity index (χ2v) is 5.10. The summed E-state index contributed by atoms with van der Waals surface area (Å²) in [5.41, 5.74) is 1.80. The van der Waals surface area contributed by atoms with Crippen LogP contribution in [0, 0.1) is 0 Å². The fourth-order valence-corrected chi connectivity index (χ4v) is 2.03. The minimum absolute atomic E-state index is 0.422. The summed E-state index contributed by atoms with van der Waals surface area (Å²) in [6.45, 7) is 3.29. The molecule has 0 atom stereocenters. The fraction of sp³-hybridized carbons (Fsp3) is 0.333. The van der Waals surface area contributed by atoms with Gasteiger partial charge in [0.05, 0.1) is 0 Å². The Balaban J connectivity index is 1.81. The maximum Gasteiger partial charge on any atom is 0.0210 e. The monoisotopic (exact) mass is 211 g/mol. The van der Waals surface area contributed by atoms with Crippen molar-refractivity contribution < 1.29 is 0 Å². The first-order valence-electron chi connectivity index (χ1n) is 5.98. The van der Waals surface area contributed by atoms with Crippen molar-refractivity contribution in [3.8, 4) is 0 Å². The SMILES string of the molecule is CC1(NCc2ccc3ccccc3c2)CC1. The number of rotatable bonds is 3. The van der Waals surface area contributed by atoms with Crippen LogP contribution in [0.3, 0.4) is 0 Å². The Morgan fingerprint density at radius 1 is 1.06 bits per heavy atom. The summed E-state index contributed by atoms with van der Waals surface area (Å²) in [5, 5.41) is 6.27. The van der Waals surface area contributed by atoms with E-state index in [4.69, 9.17) is 0 Å². The first-order chi connectivity index (χ1) is 7.75. The van der Waals surface area contributed by atoms with E-state index in [0.717, 1.165) is 6.54 Å². The van der Waals surface area contributed by atoms with Gasteiger partial charge in [-0.05, 0) is 42.2 Å². The summed E-state index contributed by atoms with van der Waals surface area (Å²) in [4.78, 5) is 0. The zero-order chi connectivity index (χ0) is 11.0. The Morgan fingerprint density at radius 3 is 2.56 bits per heavy atom. The summed E-state index contributed by atoms with van der Waals surface area (Å²) < 4.78 is 0. The van der Waals surface area contributed by atoms with Gasteiger partial charge in [-0.25, -0.2) is 0 Å². The molecule has 0 bridgehead atoms. The molecule has 0 amide bonds. The number of hydrogen-bond acceptors (Lipinski definition) is 1. The quantitative estimate of drug-likeness (QED) is 0.819. The minimum Gasteiger partial charge on any atom is -0.307 e. The highest BCUT2D eigenvalue weighted by molar-refractivity contribution is 5.82. The van der Waals surface area contributed by atoms with Crippen molar-refractivity contribution in [3.63, 3.8) is 0 Å². The molecule has 0 unspecified atom stereocenters. The summed E-state index contributed by atoms with van der Waals surface area (Å²) >= 11 is 0. The Bertz CT molecular complexity index is 512. The first-order valence-corrected chi connectivity index (χ1v) is 5.98. The molecule has 0 radical (unpaired) electrons. The van der Waals surface area contributed by atoms with E-state index in [1.165, 1.54) is 29.2 Å². The van der Waals surface area contributed by atoms with Crippen LogP contribution in [0.25, 0.3) is 10.8 Å². The lowest BCUT2D eigenvalue weighted by Gasteiger charge is -2.11. The van der Waals surface area contributed by atoms with Crippen LogP contribution in [-0.2, 0) is 6.54 Å². The molecule has 1 fully saturated rings. The van der Waals surface area contributed by atoms with Crippen molar-refractivity contribution >= 4 is 10.8 Å². The lowest BCUT2D eigenvalue weighted by atomic mass is 10.1. The van der Waals surface area contributed by atoms with Gasteiger partial charge in [0.2, 0.25) is 0 Å². The van der Waals surface area contributed by atoms with E-state index in [-0.39, 0.29) is 0 Å². The van der Waals surface area contributed by atoms with Gasteiger partial charge in [0.1, 0.15) is 0 Å². The number of benzene rings is 2. The molecular formula is C15H17N. The fourth-order valence-electron chi connectivity index (χ4n) is 2.03. The summed E-state index contributed by atoms with van der Waals surface area (Å²) in [5.74, 6) is 0. The molecule has 1 aliphatic rings. The third-order valence-electron chi connectivity index (χ3n) is 3.53. The average molecular weight is 211 g/mol. The van der Waals surface area contributed by atoms with Gasteiger partial charge in [-0.2, -0.15) is 0 Å². The van der Waals surface area contributed by atoms with Crippen molar-refractivity contribution in [2.75, 3.05) is 0 Å². The van der Waals surface area contributed by atoms with Crippen LogP contribution in [0.4, 0.5) is 0 Å². The highest BCUT2D eigenvalue weighted by Crippen LogP contribution is 2.34. The smallest absolute Gasteiger partial charge is 0.0210 e. The Morgan fingerprint density at radius 2 is 1.81 bits per heavy atom. The molecule has 3 rings (SSSR count). The Labute approximate surface area is 96.5 Å². The van der Waals surface area contributed by atoms with E-state index in [0.29, 0.717) is 5.54 Å². The molecule has 1 N–H and O–H groups in total. The van der Waals surface area contributed by atoms with Gasteiger partial charge in [0, 0.05) is 12.1 Å². The number of fused-ring (bicyclic) bond motifs is 1. The summed E-state index contributed by atoms with van der Waals surface area (Å²) in [6.07, 6.45) is 2.64. The van der Waals surface area contributed by atoms with Gasteiger partial charge >= 0.3 is 0 Å². The van der Waals surface area contributed by atoms with E-state index >= 15 is 0 Å². The van der Waals surface area contributed by atoms with Gasteiger partial charge in [-0.15, -0.1) is 0 Å². The highest BCUT2D eigenvalue weighted by atomic mass is 15.0. The molecule has 0 saturated heterocycles. The van der Waals surface area contributed by atoms with Crippen LogP contribution in [0.15, 0.2) is 42.5 Å². The molecule has 2 aromatic carbocycles. The van der Waals surface area contributed by atoms with E-state index in [2.05, 4.69) is 54.7 Å². The summed E-state index contributed by atoms with van der Waals surface area (Å²) in [6, 6.07) is 15.2. The van der Waals surface area contributed by atoms with Crippen molar-refractivity contribution in [1.29, 1.82) is 0 Å². The molecule has 0 aromatic heterocycles. The topological polar surface area (TPSA) is 12.0 Å². The lowest BCUT2D eigenvalue weighted by molar-refractivity contribution is 0.538. The number of nitrogens with one attached hydrogen (secondary N) is 1. The largest absolute Gasteiger partial charge is 0.307 e. The van der Waals surface area contributed by atoms with Crippen LogP contribution in [0.1, 0.15) is 25.3 Å². The van der Waals surface area contributed by atoms with Crippen LogP contribution < -0.4 is 5.32 Å². The molecule has 1 saturated carbocycles. The van der Waals surface area contributed by atoms with Crippen LogP contribution >= 0.6 is 0 Å². The van der Waals surface area contributed by atoms with Crippen LogP contribution in [-0.4, -0.2) is 5.54 Å². The van der Waals surface area contributed by atoms with Crippen molar-refractivity contribution in [1.82, 2.24) is 5.32 Å². The molecule has 0 aliphatic heterocycles. The van der Waals surface area contributed by atoms with Crippen LogP contribution in [0.2, 0.25) is 0 Å². The molecule has 16 heavy (non-hydrogen) atoms. The first kappa shape index (κ1) is 9.86. The van der Waals surface area contributed by atoms with Crippen molar-refractivity contribution in [2.45, 2.75) is 31.8 Å². The Hall–Kier alpha value is -1.34. The van der Waals surface area contributed by atoms with Gasteiger partial charge in [0.25, 0.3) is 0 Å². The normalized spacial score (nSPS) is 17.6. The zero-order valence-electron chi connectivity index (χ0n) is 9.66. The number of hydrogen-bond donors (Lipinski definition) is 1. The van der Waals surface area contributed by atoms with E-state index in [1.807, 2.05) is 0 Å². The molecule has 1 nitrogen and oxygen atoms in total. The standard InChI is InChI=1S/C15H17N/c1-15(8-9-15)16-11-12-6-7-13-4-2-3-5-14(13)10-12/h2-7,10,16H,8-9,11H2,1H3. The predicted octanol–water partition coefficient (Wildman–Crippen LogP) is 3.48. The molecular weight excluding hydrogens is 194 g/mol. The second-order valence-electron chi connectivity index (χ2n) is 5.10.